The molecule has 0 aliphatic carbocycles. The van der Waals surface area contributed by atoms with Gasteiger partial charge in [-0.3, -0.25) is 18.6 Å². The van der Waals surface area contributed by atoms with Gasteiger partial charge in [-0.2, -0.15) is 0 Å². The Balaban J connectivity index is 4.14. The number of ether oxygens (including phenoxy) is 2. The van der Waals surface area contributed by atoms with Crippen LogP contribution in [0.3, 0.4) is 0 Å². The van der Waals surface area contributed by atoms with Crippen LogP contribution in [0, 0.1) is 0 Å². The maximum absolute atomic E-state index is 12.6. The minimum atomic E-state index is -4.37. The lowest BCUT2D eigenvalue weighted by Crippen LogP contribution is -2.29. The molecule has 0 spiro atoms. The van der Waals surface area contributed by atoms with E-state index in [-0.39, 0.29) is 38.6 Å². The summed E-state index contributed by atoms with van der Waals surface area (Å²) in [7, 11) is -4.37. The summed E-state index contributed by atoms with van der Waals surface area (Å²) in [4.78, 5) is 34.8. The topological polar surface area (TPSA) is 134 Å². The molecule has 0 rings (SSSR count). The standard InChI is InChI=1S/C42H82NO8P/c1-3-5-7-9-11-13-15-17-19-21-23-25-27-29-31-33-35-42(45)51-40(39-50-52(46,47)49-37-36-43)38-48-41(44)34-32-30-28-26-24-22-20-18-16-14-12-10-8-6-4-2/h19,21,40H,3-18,20,22-39,43H2,1-2H3,(H,46,47)/b21-19-. The molecule has 10 heteroatoms. The van der Waals surface area contributed by atoms with Crippen molar-refractivity contribution in [3.8, 4) is 0 Å². The molecule has 0 fully saturated rings. The molecular formula is C42H82NO8P. The van der Waals surface area contributed by atoms with Crippen LogP contribution in [0.25, 0.3) is 0 Å². The highest BCUT2D eigenvalue weighted by atomic mass is 31.2. The van der Waals surface area contributed by atoms with Gasteiger partial charge in [0.1, 0.15) is 6.61 Å². The van der Waals surface area contributed by atoms with E-state index in [9.17, 15) is 19.0 Å². The van der Waals surface area contributed by atoms with E-state index in [1.165, 1.54) is 128 Å². The van der Waals surface area contributed by atoms with Gasteiger partial charge in [0, 0.05) is 19.4 Å². The van der Waals surface area contributed by atoms with Gasteiger partial charge in [0.2, 0.25) is 0 Å². The van der Waals surface area contributed by atoms with Crippen molar-refractivity contribution >= 4 is 19.8 Å². The molecule has 0 aromatic carbocycles. The summed E-state index contributed by atoms with van der Waals surface area (Å²) in [6, 6.07) is 0. The summed E-state index contributed by atoms with van der Waals surface area (Å²) < 4.78 is 32.8. The zero-order valence-corrected chi connectivity index (χ0v) is 34.7. The van der Waals surface area contributed by atoms with Crippen LogP contribution in [0.1, 0.15) is 213 Å². The first-order valence-electron chi connectivity index (χ1n) is 21.7. The molecule has 0 bridgehead atoms. The first-order chi connectivity index (χ1) is 25.3. The summed E-state index contributed by atoms with van der Waals surface area (Å²) in [5.74, 6) is -0.828. The Morgan fingerprint density at radius 1 is 0.558 bits per heavy atom. The van der Waals surface area contributed by atoms with E-state index in [0.29, 0.717) is 6.42 Å². The van der Waals surface area contributed by atoms with E-state index < -0.39 is 26.5 Å². The lowest BCUT2D eigenvalue weighted by molar-refractivity contribution is -0.161. The molecule has 2 unspecified atom stereocenters. The zero-order chi connectivity index (χ0) is 38.2. The van der Waals surface area contributed by atoms with Crippen molar-refractivity contribution in [3.63, 3.8) is 0 Å². The average Bonchev–Trinajstić information content (AvgIpc) is 3.13. The minimum Gasteiger partial charge on any atom is -0.462 e. The van der Waals surface area contributed by atoms with Crippen LogP contribution < -0.4 is 5.73 Å². The third-order valence-electron chi connectivity index (χ3n) is 9.40. The molecule has 308 valence electrons. The molecule has 0 saturated heterocycles. The second-order valence-electron chi connectivity index (χ2n) is 14.6. The van der Waals surface area contributed by atoms with Gasteiger partial charge in [0.25, 0.3) is 0 Å². The Bertz CT molecular complexity index is 871. The van der Waals surface area contributed by atoms with Gasteiger partial charge in [-0.25, -0.2) is 4.57 Å². The number of phosphoric acid groups is 1. The zero-order valence-electron chi connectivity index (χ0n) is 33.8. The number of phosphoric ester groups is 1. The number of unbranched alkanes of at least 4 members (excludes halogenated alkanes) is 26. The molecule has 52 heavy (non-hydrogen) atoms. The summed E-state index contributed by atoms with van der Waals surface area (Å²) in [5.41, 5.74) is 5.34. The van der Waals surface area contributed by atoms with E-state index in [0.717, 1.165) is 51.4 Å². The van der Waals surface area contributed by atoms with Gasteiger partial charge in [0.15, 0.2) is 6.10 Å². The van der Waals surface area contributed by atoms with Gasteiger partial charge < -0.3 is 20.1 Å². The predicted molar refractivity (Wildman–Crippen MR) is 215 cm³/mol. The number of carbonyl (C=O) groups excluding carboxylic acids is 2. The highest BCUT2D eigenvalue weighted by Gasteiger charge is 2.26. The fraction of sp³-hybridized carbons (Fsp3) is 0.905. The molecule has 2 atom stereocenters. The van der Waals surface area contributed by atoms with E-state index in [1.54, 1.807) is 0 Å². The van der Waals surface area contributed by atoms with Gasteiger partial charge in [-0.15, -0.1) is 0 Å². The Kier molecular flexibility index (Phi) is 38.5. The number of hydrogen-bond donors (Lipinski definition) is 2. The number of hydrogen-bond acceptors (Lipinski definition) is 8. The molecular weight excluding hydrogens is 677 g/mol. The fourth-order valence-electron chi connectivity index (χ4n) is 6.16. The number of allylic oxidation sites excluding steroid dienone is 2. The fourth-order valence-corrected chi connectivity index (χ4v) is 6.92. The Morgan fingerprint density at radius 3 is 1.37 bits per heavy atom. The highest BCUT2D eigenvalue weighted by molar-refractivity contribution is 7.47. The highest BCUT2D eigenvalue weighted by Crippen LogP contribution is 2.43. The second-order valence-corrected chi connectivity index (χ2v) is 16.0. The maximum Gasteiger partial charge on any atom is 0.472 e. The van der Waals surface area contributed by atoms with Crippen molar-refractivity contribution in [2.24, 2.45) is 5.73 Å². The molecule has 0 aliphatic heterocycles. The quantitative estimate of drug-likeness (QED) is 0.0270. The molecule has 0 aromatic heterocycles. The monoisotopic (exact) mass is 760 g/mol. The molecule has 0 heterocycles. The maximum atomic E-state index is 12.6. The summed E-state index contributed by atoms with van der Waals surface area (Å²) >= 11 is 0. The van der Waals surface area contributed by atoms with Crippen LogP contribution in [0.15, 0.2) is 12.2 Å². The largest absolute Gasteiger partial charge is 0.472 e. The molecule has 0 saturated carbocycles. The lowest BCUT2D eigenvalue weighted by atomic mass is 10.0. The van der Waals surface area contributed by atoms with E-state index in [4.69, 9.17) is 24.3 Å². The molecule has 0 aliphatic rings. The van der Waals surface area contributed by atoms with E-state index in [1.807, 2.05) is 0 Å². The molecule has 0 aromatic rings. The van der Waals surface area contributed by atoms with Crippen LogP contribution >= 0.6 is 7.82 Å². The summed E-state index contributed by atoms with van der Waals surface area (Å²) in [6.45, 7) is 3.75. The first kappa shape index (κ1) is 50.8. The third kappa shape index (κ3) is 38.5. The van der Waals surface area contributed by atoms with E-state index >= 15 is 0 Å². The summed E-state index contributed by atoms with van der Waals surface area (Å²) in [6.07, 6.45) is 39.5. The molecule has 0 amide bonds. The smallest absolute Gasteiger partial charge is 0.462 e. The number of carbonyl (C=O) groups is 2. The van der Waals surface area contributed by atoms with Crippen LogP contribution in [0.4, 0.5) is 0 Å². The normalized spacial score (nSPS) is 13.4. The van der Waals surface area contributed by atoms with Crippen LogP contribution in [0.2, 0.25) is 0 Å². The van der Waals surface area contributed by atoms with Crippen molar-refractivity contribution < 1.29 is 37.6 Å². The Morgan fingerprint density at radius 2 is 0.942 bits per heavy atom. The molecule has 9 nitrogen and oxygen atoms in total. The van der Waals surface area contributed by atoms with Crippen LogP contribution in [0.5, 0.6) is 0 Å². The predicted octanol–water partition coefficient (Wildman–Crippen LogP) is 12.2. The molecule has 3 N–H and O–H groups in total. The summed E-state index contributed by atoms with van der Waals surface area (Å²) in [5, 5.41) is 0. The van der Waals surface area contributed by atoms with Gasteiger partial charge in [0.05, 0.1) is 13.2 Å². The van der Waals surface area contributed by atoms with Crippen LogP contribution in [-0.4, -0.2) is 49.3 Å². The SMILES string of the molecule is CCCCCCCCC/C=C\CCCCCCCC(=O)OC(COC(=O)CCCCCCCCCCCCCCCCC)COP(=O)(O)OCCN. The van der Waals surface area contributed by atoms with E-state index in [2.05, 4.69) is 26.0 Å². The van der Waals surface area contributed by atoms with Crippen molar-refractivity contribution in [2.45, 2.75) is 219 Å². The third-order valence-corrected chi connectivity index (χ3v) is 10.4. The van der Waals surface area contributed by atoms with Gasteiger partial charge in [-0.05, 0) is 38.5 Å². The number of esters is 2. The molecule has 0 radical (unpaired) electrons. The first-order valence-corrected chi connectivity index (χ1v) is 23.2. The van der Waals surface area contributed by atoms with Gasteiger partial charge >= 0.3 is 19.8 Å². The number of nitrogens with two attached hydrogens (primary N) is 1. The van der Waals surface area contributed by atoms with Crippen molar-refractivity contribution in [2.75, 3.05) is 26.4 Å². The minimum absolute atomic E-state index is 0.0548. The average molecular weight is 760 g/mol. The Labute approximate surface area is 319 Å². The lowest BCUT2D eigenvalue weighted by Gasteiger charge is -2.19. The Hall–Kier alpha value is -1.25. The van der Waals surface area contributed by atoms with Gasteiger partial charge in [-0.1, -0.05) is 174 Å². The van der Waals surface area contributed by atoms with Crippen LogP contribution in [-0.2, 0) is 32.7 Å². The van der Waals surface area contributed by atoms with Crippen molar-refractivity contribution in [1.82, 2.24) is 0 Å². The van der Waals surface area contributed by atoms with Crippen molar-refractivity contribution in [3.05, 3.63) is 12.2 Å². The second kappa shape index (κ2) is 39.4. The number of rotatable bonds is 41. The van der Waals surface area contributed by atoms with Crippen molar-refractivity contribution in [1.29, 1.82) is 0 Å².